The van der Waals surface area contributed by atoms with E-state index in [1.54, 1.807) is 0 Å². The monoisotopic (exact) mass is 168 g/mol. The van der Waals surface area contributed by atoms with Crippen molar-refractivity contribution in [2.45, 2.75) is 19.3 Å². The molecule has 0 aromatic rings. The second-order valence-electron chi connectivity index (χ2n) is 3.88. The van der Waals surface area contributed by atoms with Crippen LogP contribution >= 0.6 is 0 Å². The van der Waals surface area contributed by atoms with Crippen LogP contribution in [0.4, 0.5) is 0 Å². The van der Waals surface area contributed by atoms with Crippen LogP contribution in [-0.4, -0.2) is 32.0 Å². The zero-order chi connectivity index (χ0) is 8.44. The number of nitrogens with one attached hydrogen (secondary N) is 2. The maximum Gasteiger partial charge on any atom is 0.152 e. The van der Waals surface area contributed by atoms with Crippen LogP contribution in [0, 0.1) is 5.41 Å². The van der Waals surface area contributed by atoms with E-state index < -0.39 is 0 Å². The molecule has 0 aliphatic carbocycles. The number of hydrogen-bond acceptors (Lipinski definition) is 3. The highest BCUT2D eigenvalue weighted by Gasteiger charge is 2.40. The summed E-state index contributed by atoms with van der Waals surface area (Å²) in [5.74, 6) is 0.440. The molecule has 0 aromatic carbocycles. The molecule has 0 aromatic heterocycles. The second-order valence-corrected chi connectivity index (χ2v) is 3.88. The molecule has 0 atom stereocenters. The van der Waals surface area contributed by atoms with Gasteiger partial charge in [0.15, 0.2) is 5.78 Å². The lowest BCUT2D eigenvalue weighted by Gasteiger charge is -2.39. The minimum Gasteiger partial charge on any atom is -0.317 e. The van der Waals surface area contributed by atoms with Crippen LogP contribution in [0.2, 0.25) is 0 Å². The maximum absolute atomic E-state index is 11.7. The molecule has 1 spiro atoms. The van der Waals surface area contributed by atoms with Gasteiger partial charge in [-0.15, -0.1) is 0 Å². The van der Waals surface area contributed by atoms with Crippen molar-refractivity contribution >= 4 is 5.78 Å². The van der Waals surface area contributed by atoms with E-state index in [-0.39, 0.29) is 5.41 Å². The van der Waals surface area contributed by atoms with Gasteiger partial charge >= 0.3 is 0 Å². The summed E-state index contributed by atoms with van der Waals surface area (Å²) >= 11 is 0. The Morgan fingerprint density at radius 2 is 1.58 bits per heavy atom. The lowest BCUT2D eigenvalue weighted by molar-refractivity contribution is -0.131. The topological polar surface area (TPSA) is 41.1 Å². The Hall–Kier alpha value is -0.410. The largest absolute Gasteiger partial charge is 0.317 e. The van der Waals surface area contributed by atoms with Crippen LogP contribution in [0.25, 0.3) is 0 Å². The van der Waals surface area contributed by atoms with Crippen molar-refractivity contribution in [3.8, 4) is 0 Å². The van der Waals surface area contributed by atoms with Gasteiger partial charge < -0.3 is 10.6 Å². The van der Waals surface area contributed by atoms with Gasteiger partial charge in [0, 0.05) is 5.41 Å². The first-order chi connectivity index (χ1) is 5.83. The summed E-state index contributed by atoms with van der Waals surface area (Å²) in [5.41, 5.74) is 0.0521. The van der Waals surface area contributed by atoms with Gasteiger partial charge in [0.25, 0.3) is 0 Å². The molecule has 3 nitrogen and oxygen atoms in total. The van der Waals surface area contributed by atoms with Gasteiger partial charge in [-0.25, -0.2) is 0 Å². The third-order valence-electron chi connectivity index (χ3n) is 3.22. The Labute approximate surface area is 72.9 Å². The molecule has 0 radical (unpaired) electrons. The highest BCUT2D eigenvalue weighted by molar-refractivity contribution is 5.87. The van der Waals surface area contributed by atoms with Crippen molar-refractivity contribution in [1.82, 2.24) is 10.6 Å². The molecule has 2 fully saturated rings. The first-order valence-electron chi connectivity index (χ1n) is 4.78. The molecule has 0 unspecified atom stereocenters. The van der Waals surface area contributed by atoms with Crippen LogP contribution in [-0.2, 0) is 4.79 Å². The van der Waals surface area contributed by atoms with Crippen molar-refractivity contribution in [3.63, 3.8) is 0 Å². The summed E-state index contributed by atoms with van der Waals surface area (Å²) in [6.45, 7) is 3.66. The molecule has 0 bridgehead atoms. The highest BCUT2D eigenvalue weighted by atomic mass is 16.1. The normalized spacial score (nSPS) is 29.2. The Kier molecular flexibility index (Phi) is 2.15. The van der Waals surface area contributed by atoms with E-state index in [2.05, 4.69) is 10.6 Å². The van der Waals surface area contributed by atoms with Crippen LogP contribution in [0.1, 0.15) is 19.3 Å². The molecule has 2 saturated heterocycles. The average molecular weight is 168 g/mol. The Morgan fingerprint density at radius 3 is 2.25 bits per heavy atom. The van der Waals surface area contributed by atoms with Crippen molar-refractivity contribution in [1.29, 1.82) is 0 Å². The molecule has 2 heterocycles. The Morgan fingerprint density at radius 1 is 1.00 bits per heavy atom. The zero-order valence-corrected chi connectivity index (χ0v) is 7.36. The van der Waals surface area contributed by atoms with E-state index in [9.17, 15) is 4.79 Å². The van der Waals surface area contributed by atoms with E-state index in [4.69, 9.17) is 0 Å². The number of rotatable bonds is 0. The third-order valence-corrected chi connectivity index (χ3v) is 3.22. The molecule has 2 aliphatic heterocycles. The fraction of sp³-hybridized carbons (Fsp3) is 0.889. The van der Waals surface area contributed by atoms with Crippen LogP contribution in [0.5, 0.6) is 0 Å². The number of ketones is 1. The first kappa shape index (κ1) is 8.20. The van der Waals surface area contributed by atoms with Crippen molar-refractivity contribution in [2.24, 2.45) is 5.41 Å². The standard InChI is InChI=1S/C9H16N2O/c12-8-7-11-6-3-9(8)1-4-10-5-2-9/h10-11H,1-7H2. The van der Waals surface area contributed by atoms with Gasteiger partial charge in [-0.3, -0.25) is 4.79 Å². The Balaban J connectivity index is 2.09. The maximum atomic E-state index is 11.7. The molecule has 3 heteroatoms. The molecule has 2 aliphatic rings. The van der Waals surface area contributed by atoms with Gasteiger partial charge in [-0.05, 0) is 38.9 Å². The smallest absolute Gasteiger partial charge is 0.152 e. The molecule has 2 N–H and O–H groups in total. The van der Waals surface area contributed by atoms with Crippen LogP contribution < -0.4 is 10.6 Å². The van der Waals surface area contributed by atoms with Gasteiger partial charge in [0.1, 0.15) is 0 Å². The minimum atomic E-state index is 0.0521. The molecule has 0 amide bonds. The quantitative estimate of drug-likeness (QED) is 0.531. The minimum absolute atomic E-state index is 0.0521. The summed E-state index contributed by atoms with van der Waals surface area (Å²) in [7, 11) is 0. The zero-order valence-electron chi connectivity index (χ0n) is 7.36. The van der Waals surface area contributed by atoms with E-state index in [1.165, 1.54) is 0 Å². The SMILES string of the molecule is O=C1CNCCC12CCNCC2. The lowest BCUT2D eigenvalue weighted by atomic mass is 9.71. The van der Waals surface area contributed by atoms with E-state index in [1.807, 2.05) is 0 Å². The summed E-state index contributed by atoms with van der Waals surface area (Å²) in [5, 5.41) is 6.44. The Bertz CT molecular complexity index is 177. The van der Waals surface area contributed by atoms with E-state index >= 15 is 0 Å². The highest BCUT2D eigenvalue weighted by Crippen LogP contribution is 2.34. The van der Waals surface area contributed by atoms with Gasteiger partial charge in [0.2, 0.25) is 0 Å². The molecule has 0 saturated carbocycles. The number of Topliss-reactive ketones (excluding diaryl/α,β-unsaturated/α-hetero) is 1. The van der Waals surface area contributed by atoms with Gasteiger partial charge in [0.05, 0.1) is 6.54 Å². The second kappa shape index (κ2) is 3.15. The molecule has 2 rings (SSSR count). The van der Waals surface area contributed by atoms with Crippen molar-refractivity contribution in [2.75, 3.05) is 26.2 Å². The summed E-state index contributed by atoms with van der Waals surface area (Å²) in [6.07, 6.45) is 3.15. The number of carbonyl (C=O) groups excluding carboxylic acids is 1. The average Bonchev–Trinajstić information content (AvgIpc) is 2.12. The third kappa shape index (κ3) is 1.27. The summed E-state index contributed by atoms with van der Waals surface area (Å²) < 4.78 is 0. The number of carbonyl (C=O) groups is 1. The van der Waals surface area contributed by atoms with Crippen LogP contribution in [0.15, 0.2) is 0 Å². The van der Waals surface area contributed by atoms with E-state index in [0.29, 0.717) is 12.3 Å². The molecular weight excluding hydrogens is 152 g/mol. The fourth-order valence-corrected chi connectivity index (χ4v) is 2.29. The predicted octanol–water partition coefficient (Wildman–Crippen LogP) is -0.0814. The molecular formula is C9H16N2O. The van der Waals surface area contributed by atoms with Crippen molar-refractivity contribution in [3.05, 3.63) is 0 Å². The summed E-state index contributed by atoms with van der Waals surface area (Å²) in [4.78, 5) is 11.7. The van der Waals surface area contributed by atoms with Gasteiger partial charge in [-0.1, -0.05) is 0 Å². The molecule has 12 heavy (non-hydrogen) atoms. The molecule has 68 valence electrons. The van der Waals surface area contributed by atoms with Gasteiger partial charge in [-0.2, -0.15) is 0 Å². The fourth-order valence-electron chi connectivity index (χ4n) is 2.29. The van der Waals surface area contributed by atoms with Crippen molar-refractivity contribution < 1.29 is 4.79 Å². The van der Waals surface area contributed by atoms with E-state index in [0.717, 1.165) is 38.9 Å². The number of piperidine rings is 2. The predicted molar refractivity (Wildman–Crippen MR) is 47.0 cm³/mol. The van der Waals surface area contributed by atoms with Crippen LogP contribution in [0.3, 0.4) is 0 Å². The summed E-state index contributed by atoms with van der Waals surface area (Å²) in [6, 6.07) is 0. The first-order valence-corrected chi connectivity index (χ1v) is 4.78. The lowest BCUT2D eigenvalue weighted by Crippen LogP contribution is -2.50. The number of hydrogen-bond donors (Lipinski definition) is 2.